The number of aromatic nitrogens is 3. The third kappa shape index (κ3) is 3.52. The molecule has 29 heavy (non-hydrogen) atoms. The lowest BCUT2D eigenvalue weighted by Crippen LogP contribution is -2.46. The van der Waals surface area contributed by atoms with Crippen LogP contribution in [0, 0.1) is 0 Å². The first-order chi connectivity index (χ1) is 14.1. The number of hydrogen-bond donors (Lipinski definition) is 0. The van der Waals surface area contributed by atoms with Gasteiger partial charge in [-0.2, -0.15) is 4.31 Å². The van der Waals surface area contributed by atoms with E-state index in [0.29, 0.717) is 25.3 Å². The summed E-state index contributed by atoms with van der Waals surface area (Å²) >= 11 is 1.59. The number of nitrogens with zero attached hydrogens (tertiary/aromatic N) is 5. The van der Waals surface area contributed by atoms with Gasteiger partial charge in [-0.05, 0) is 24.3 Å². The van der Waals surface area contributed by atoms with Gasteiger partial charge in [0.15, 0.2) is 0 Å². The summed E-state index contributed by atoms with van der Waals surface area (Å²) in [5.74, 6) is 0.169. The second-order valence-electron chi connectivity index (χ2n) is 7.02. The highest BCUT2D eigenvalue weighted by molar-refractivity contribution is 7.89. The molecule has 0 aliphatic carbocycles. The maximum Gasteiger partial charge on any atom is 0.249 e. The molecule has 8 nitrogen and oxygen atoms in total. The summed E-state index contributed by atoms with van der Waals surface area (Å²) in [4.78, 5) is 15.2. The number of ether oxygens (including phenoxy) is 1. The zero-order valence-electron chi connectivity index (χ0n) is 15.5. The maximum atomic E-state index is 13.5. The van der Waals surface area contributed by atoms with Crippen molar-refractivity contribution in [1.82, 2.24) is 24.2 Å². The molecule has 2 atom stereocenters. The van der Waals surface area contributed by atoms with Gasteiger partial charge in [0.25, 0.3) is 0 Å². The van der Waals surface area contributed by atoms with Crippen molar-refractivity contribution in [2.75, 3.05) is 13.1 Å². The van der Waals surface area contributed by atoms with Gasteiger partial charge in [0.1, 0.15) is 16.0 Å². The van der Waals surface area contributed by atoms with Crippen LogP contribution >= 0.6 is 11.3 Å². The first-order valence-corrected chi connectivity index (χ1v) is 11.6. The van der Waals surface area contributed by atoms with Crippen LogP contribution in [0.2, 0.25) is 0 Å². The SMILES string of the molecule is O=S1(=O)c2cccnc2OC2CN(Cc3nccs3)CC2N1Cc1ccccn1. The average molecular weight is 430 g/mol. The molecule has 2 unspecified atom stereocenters. The van der Waals surface area contributed by atoms with Gasteiger partial charge in [-0.3, -0.25) is 9.88 Å². The van der Waals surface area contributed by atoms with Gasteiger partial charge in [-0.1, -0.05) is 6.07 Å². The number of thiazole rings is 1. The normalized spacial score (nSPS) is 23.7. The number of rotatable bonds is 4. The zero-order chi connectivity index (χ0) is 19.8. The Morgan fingerprint density at radius 3 is 2.72 bits per heavy atom. The van der Waals surface area contributed by atoms with Crippen LogP contribution in [-0.2, 0) is 23.1 Å². The van der Waals surface area contributed by atoms with E-state index in [2.05, 4.69) is 19.9 Å². The maximum absolute atomic E-state index is 13.5. The van der Waals surface area contributed by atoms with Crippen molar-refractivity contribution in [1.29, 1.82) is 0 Å². The molecule has 2 aliphatic heterocycles. The molecule has 5 rings (SSSR count). The van der Waals surface area contributed by atoms with E-state index in [-0.39, 0.29) is 29.5 Å². The van der Waals surface area contributed by atoms with Crippen molar-refractivity contribution in [2.45, 2.75) is 30.1 Å². The second kappa shape index (κ2) is 7.45. The first-order valence-electron chi connectivity index (χ1n) is 9.25. The summed E-state index contributed by atoms with van der Waals surface area (Å²) < 4.78 is 34.7. The van der Waals surface area contributed by atoms with Crippen LogP contribution in [0.5, 0.6) is 5.88 Å². The van der Waals surface area contributed by atoms with Gasteiger partial charge in [0.2, 0.25) is 15.9 Å². The Labute approximate surface area is 172 Å². The highest BCUT2D eigenvalue weighted by atomic mass is 32.2. The molecular weight excluding hydrogens is 410 g/mol. The monoisotopic (exact) mass is 429 g/mol. The minimum Gasteiger partial charge on any atom is -0.470 e. The lowest BCUT2D eigenvalue weighted by Gasteiger charge is -2.27. The van der Waals surface area contributed by atoms with Gasteiger partial charge in [-0.25, -0.2) is 18.4 Å². The zero-order valence-corrected chi connectivity index (χ0v) is 17.1. The predicted molar refractivity (Wildman–Crippen MR) is 107 cm³/mol. The fourth-order valence-electron chi connectivity index (χ4n) is 3.84. The van der Waals surface area contributed by atoms with E-state index in [1.54, 1.807) is 42.1 Å². The smallest absolute Gasteiger partial charge is 0.249 e. The van der Waals surface area contributed by atoms with Crippen molar-refractivity contribution in [3.05, 3.63) is 65.0 Å². The van der Waals surface area contributed by atoms with Crippen molar-refractivity contribution >= 4 is 21.4 Å². The van der Waals surface area contributed by atoms with E-state index in [0.717, 1.165) is 5.01 Å². The van der Waals surface area contributed by atoms with Crippen LogP contribution in [0.1, 0.15) is 10.7 Å². The van der Waals surface area contributed by atoms with Crippen LogP contribution in [0.25, 0.3) is 0 Å². The van der Waals surface area contributed by atoms with E-state index >= 15 is 0 Å². The quantitative estimate of drug-likeness (QED) is 0.624. The van der Waals surface area contributed by atoms with E-state index in [1.165, 1.54) is 4.31 Å². The number of fused-ring (bicyclic) bond motifs is 2. The summed E-state index contributed by atoms with van der Waals surface area (Å²) in [6, 6.07) is 8.35. The number of pyridine rings is 2. The Hall–Kier alpha value is -2.40. The molecule has 5 heterocycles. The van der Waals surface area contributed by atoms with E-state index < -0.39 is 10.0 Å². The van der Waals surface area contributed by atoms with Crippen LogP contribution in [0.3, 0.4) is 0 Å². The van der Waals surface area contributed by atoms with E-state index in [1.807, 2.05) is 23.6 Å². The third-order valence-electron chi connectivity index (χ3n) is 5.15. The van der Waals surface area contributed by atoms with Gasteiger partial charge >= 0.3 is 0 Å². The van der Waals surface area contributed by atoms with Crippen molar-refractivity contribution in [3.8, 4) is 5.88 Å². The number of sulfonamides is 1. The van der Waals surface area contributed by atoms with Crippen molar-refractivity contribution < 1.29 is 13.2 Å². The molecule has 0 radical (unpaired) electrons. The Bertz CT molecular complexity index is 1090. The van der Waals surface area contributed by atoms with Gasteiger partial charge in [0, 0.05) is 37.1 Å². The fourth-order valence-corrected chi connectivity index (χ4v) is 6.18. The Kier molecular flexibility index (Phi) is 4.78. The Morgan fingerprint density at radius 2 is 1.93 bits per heavy atom. The molecule has 1 saturated heterocycles. The minimum absolute atomic E-state index is 0.108. The van der Waals surface area contributed by atoms with E-state index in [9.17, 15) is 8.42 Å². The summed E-state index contributed by atoms with van der Waals surface area (Å²) in [6.07, 6.45) is 4.69. The summed E-state index contributed by atoms with van der Waals surface area (Å²) in [5, 5.41) is 2.94. The topological polar surface area (TPSA) is 88.5 Å². The number of likely N-dealkylation sites (tertiary alicyclic amines) is 1. The van der Waals surface area contributed by atoms with Crippen molar-refractivity contribution in [3.63, 3.8) is 0 Å². The highest BCUT2D eigenvalue weighted by Gasteiger charge is 2.47. The van der Waals surface area contributed by atoms with Crippen LogP contribution < -0.4 is 4.74 Å². The molecule has 3 aromatic heterocycles. The summed E-state index contributed by atoms with van der Waals surface area (Å²) in [7, 11) is -3.79. The predicted octanol–water partition coefficient (Wildman–Crippen LogP) is 1.77. The lowest BCUT2D eigenvalue weighted by molar-refractivity contribution is 0.143. The molecule has 0 bridgehead atoms. The molecule has 10 heteroatoms. The standard InChI is InChI=1S/C19H19N5O3S2/c25-29(26)17-5-3-7-22-19(17)27-16-12-23(13-18-21-8-9-28-18)11-15(16)24(29)10-14-4-1-2-6-20-14/h1-9,15-16H,10-13H2. The van der Waals surface area contributed by atoms with Crippen molar-refractivity contribution in [2.24, 2.45) is 0 Å². The van der Waals surface area contributed by atoms with Crippen LogP contribution in [-0.4, -0.2) is 57.8 Å². The molecule has 2 aliphatic rings. The molecule has 0 aromatic carbocycles. The van der Waals surface area contributed by atoms with Crippen LogP contribution in [0.15, 0.2) is 59.2 Å². The largest absolute Gasteiger partial charge is 0.470 e. The molecule has 3 aromatic rings. The molecule has 150 valence electrons. The summed E-state index contributed by atoms with van der Waals surface area (Å²) in [6.45, 7) is 2.02. The molecule has 1 fully saturated rings. The van der Waals surface area contributed by atoms with Crippen LogP contribution in [0.4, 0.5) is 0 Å². The molecule has 0 spiro atoms. The Morgan fingerprint density at radius 1 is 1.03 bits per heavy atom. The molecular formula is C19H19N5O3S2. The summed E-state index contributed by atoms with van der Waals surface area (Å²) in [5.41, 5.74) is 0.695. The van der Waals surface area contributed by atoms with Gasteiger partial charge < -0.3 is 4.74 Å². The molecule has 0 amide bonds. The van der Waals surface area contributed by atoms with E-state index in [4.69, 9.17) is 4.74 Å². The number of hydrogen-bond acceptors (Lipinski definition) is 8. The Balaban J connectivity index is 1.52. The second-order valence-corrected chi connectivity index (χ2v) is 9.86. The lowest BCUT2D eigenvalue weighted by atomic mass is 10.2. The third-order valence-corrected chi connectivity index (χ3v) is 7.80. The fraction of sp³-hybridized carbons (Fsp3) is 0.316. The minimum atomic E-state index is -3.79. The molecule has 0 saturated carbocycles. The van der Waals surface area contributed by atoms with Gasteiger partial charge in [0.05, 0.1) is 24.8 Å². The van der Waals surface area contributed by atoms with Gasteiger partial charge in [-0.15, -0.1) is 11.3 Å². The first kappa shape index (κ1) is 18.6. The molecule has 0 N–H and O–H groups in total. The highest BCUT2D eigenvalue weighted by Crippen LogP contribution is 2.36. The average Bonchev–Trinajstić information content (AvgIpc) is 3.36.